The summed E-state index contributed by atoms with van der Waals surface area (Å²) in [6.45, 7) is 3.84. The highest BCUT2D eigenvalue weighted by atomic mass is 32.2. The van der Waals surface area contributed by atoms with Gasteiger partial charge in [0.05, 0.1) is 0 Å². The van der Waals surface area contributed by atoms with Gasteiger partial charge in [0.1, 0.15) is 10.4 Å². The van der Waals surface area contributed by atoms with Crippen molar-refractivity contribution in [2.75, 3.05) is 0 Å². The zero-order valence-electron chi connectivity index (χ0n) is 10.3. The highest BCUT2D eigenvalue weighted by Crippen LogP contribution is 2.19. The molecule has 0 saturated carbocycles. The molecule has 0 aliphatic heterocycles. The predicted molar refractivity (Wildman–Crippen MR) is 66.5 cm³/mol. The zero-order chi connectivity index (χ0) is 13.2. The van der Waals surface area contributed by atoms with Crippen LogP contribution in [0.1, 0.15) is 26.7 Å². The number of hydrogen-bond donors (Lipinski definition) is 1. The smallest absolute Gasteiger partial charge is 0.243 e. The van der Waals surface area contributed by atoms with Crippen LogP contribution in [0.3, 0.4) is 0 Å². The standard InChI is InChI=1S/C11H15N3O3S/c1-3-5-8(2)14-18(15,16)10-7-4-6-9-11(10)13-17-12-9/h4,6-8,14H,3,5H2,1-2H3. The Morgan fingerprint density at radius 1 is 1.39 bits per heavy atom. The van der Waals surface area contributed by atoms with E-state index < -0.39 is 10.0 Å². The SMILES string of the molecule is CCCC(C)NS(=O)(=O)c1cccc2nonc12. The summed E-state index contributed by atoms with van der Waals surface area (Å²) in [4.78, 5) is 0.101. The molecule has 6 nitrogen and oxygen atoms in total. The monoisotopic (exact) mass is 269 g/mol. The van der Waals surface area contributed by atoms with E-state index in [-0.39, 0.29) is 16.5 Å². The summed E-state index contributed by atoms with van der Waals surface area (Å²) < 4.78 is 31.6. The molecular weight excluding hydrogens is 254 g/mol. The van der Waals surface area contributed by atoms with E-state index in [1.165, 1.54) is 6.07 Å². The molecule has 0 aliphatic carbocycles. The summed E-state index contributed by atoms with van der Waals surface area (Å²) in [6, 6.07) is 4.65. The number of benzene rings is 1. The maximum atomic E-state index is 12.2. The van der Waals surface area contributed by atoms with Gasteiger partial charge < -0.3 is 0 Å². The molecule has 0 bridgehead atoms. The van der Waals surface area contributed by atoms with Gasteiger partial charge in [-0.25, -0.2) is 17.8 Å². The number of sulfonamides is 1. The van der Waals surface area contributed by atoms with Crippen molar-refractivity contribution >= 4 is 21.1 Å². The van der Waals surface area contributed by atoms with E-state index in [1.54, 1.807) is 12.1 Å². The summed E-state index contributed by atoms with van der Waals surface area (Å²) in [5.74, 6) is 0. The van der Waals surface area contributed by atoms with E-state index in [0.717, 1.165) is 12.8 Å². The Hall–Kier alpha value is -1.47. The van der Waals surface area contributed by atoms with Gasteiger partial charge in [-0.15, -0.1) is 0 Å². The first-order valence-electron chi connectivity index (χ1n) is 5.78. The van der Waals surface area contributed by atoms with E-state index >= 15 is 0 Å². The molecule has 0 aliphatic rings. The normalized spacial score (nSPS) is 13.9. The lowest BCUT2D eigenvalue weighted by atomic mass is 10.2. The maximum Gasteiger partial charge on any atom is 0.243 e. The first-order chi connectivity index (χ1) is 8.54. The van der Waals surface area contributed by atoms with Crippen LogP contribution in [0.15, 0.2) is 27.7 Å². The molecule has 1 aromatic carbocycles. The zero-order valence-corrected chi connectivity index (χ0v) is 11.1. The lowest BCUT2D eigenvalue weighted by Gasteiger charge is -2.12. The maximum absolute atomic E-state index is 12.2. The van der Waals surface area contributed by atoms with Gasteiger partial charge in [-0.05, 0) is 35.8 Å². The van der Waals surface area contributed by atoms with Crippen LogP contribution in [0.2, 0.25) is 0 Å². The molecule has 98 valence electrons. The van der Waals surface area contributed by atoms with Crippen LogP contribution in [0.5, 0.6) is 0 Å². The molecule has 0 amide bonds. The number of hydrogen-bond acceptors (Lipinski definition) is 5. The van der Waals surface area contributed by atoms with Crippen molar-refractivity contribution in [3.63, 3.8) is 0 Å². The quantitative estimate of drug-likeness (QED) is 0.892. The first kappa shape index (κ1) is 13.0. The van der Waals surface area contributed by atoms with Crippen molar-refractivity contribution in [2.24, 2.45) is 0 Å². The fourth-order valence-electron chi connectivity index (χ4n) is 1.82. The molecule has 7 heteroatoms. The summed E-state index contributed by atoms with van der Waals surface area (Å²) >= 11 is 0. The van der Waals surface area contributed by atoms with E-state index in [2.05, 4.69) is 19.7 Å². The second-order valence-electron chi connectivity index (χ2n) is 4.20. The minimum absolute atomic E-state index is 0.101. The molecule has 2 rings (SSSR count). The predicted octanol–water partition coefficient (Wildman–Crippen LogP) is 1.69. The van der Waals surface area contributed by atoms with Crippen LogP contribution < -0.4 is 4.72 Å². The van der Waals surface area contributed by atoms with Crippen LogP contribution in [0, 0.1) is 0 Å². The molecule has 1 N–H and O–H groups in total. The van der Waals surface area contributed by atoms with Crippen LogP contribution in [-0.4, -0.2) is 24.8 Å². The lowest BCUT2D eigenvalue weighted by Crippen LogP contribution is -2.32. The van der Waals surface area contributed by atoms with Gasteiger partial charge in [0.25, 0.3) is 0 Å². The molecule has 1 aromatic heterocycles. The van der Waals surface area contributed by atoms with Gasteiger partial charge >= 0.3 is 0 Å². The molecule has 0 saturated heterocycles. The summed E-state index contributed by atoms with van der Waals surface area (Å²) in [7, 11) is -3.59. The summed E-state index contributed by atoms with van der Waals surface area (Å²) in [5.41, 5.74) is 0.690. The number of nitrogens with one attached hydrogen (secondary N) is 1. The fourth-order valence-corrected chi connectivity index (χ4v) is 3.25. The third kappa shape index (κ3) is 2.51. The topological polar surface area (TPSA) is 85.1 Å². The van der Waals surface area contributed by atoms with Crippen molar-refractivity contribution in [3.05, 3.63) is 18.2 Å². The Labute approximate surface area is 105 Å². The molecule has 1 atom stereocenters. The van der Waals surface area contributed by atoms with Crippen molar-refractivity contribution in [2.45, 2.75) is 37.6 Å². The van der Waals surface area contributed by atoms with E-state index in [9.17, 15) is 8.42 Å². The Bertz CT molecular complexity index is 636. The van der Waals surface area contributed by atoms with Crippen molar-refractivity contribution < 1.29 is 13.0 Å². The van der Waals surface area contributed by atoms with Crippen molar-refractivity contribution in [1.82, 2.24) is 15.0 Å². The third-order valence-electron chi connectivity index (χ3n) is 2.62. The van der Waals surface area contributed by atoms with Crippen molar-refractivity contribution in [3.8, 4) is 0 Å². The van der Waals surface area contributed by atoms with Crippen LogP contribution >= 0.6 is 0 Å². The van der Waals surface area contributed by atoms with Gasteiger partial charge in [-0.3, -0.25) is 0 Å². The van der Waals surface area contributed by atoms with Gasteiger partial charge in [-0.2, -0.15) is 0 Å². The molecule has 1 heterocycles. The molecule has 18 heavy (non-hydrogen) atoms. The molecule has 1 unspecified atom stereocenters. The minimum atomic E-state index is -3.59. The van der Waals surface area contributed by atoms with E-state index in [1.807, 2.05) is 13.8 Å². The van der Waals surface area contributed by atoms with Crippen molar-refractivity contribution in [1.29, 1.82) is 0 Å². The Kier molecular flexibility index (Phi) is 3.63. The second-order valence-corrected chi connectivity index (χ2v) is 5.88. The second kappa shape index (κ2) is 5.03. The molecule has 0 fully saturated rings. The number of nitrogens with zero attached hydrogens (tertiary/aromatic N) is 2. The molecule has 2 aromatic rings. The number of fused-ring (bicyclic) bond motifs is 1. The van der Waals surface area contributed by atoms with Gasteiger partial charge in [0.2, 0.25) is 10.0 Å². The van der Waals surface area contributed by atoms with E-state index in [0.29, 0.717) is 5.52 Å². The Morgan fingerprint density at radius 2 is 2.17 bits per heavy atom. The highest BCUT2D eigenvalue weighted by molar-refractivity contribution is 7.89. The van der Waals surface area contributed by atoms with Crippen LogP contribution in [-0.2, 0) is 10.0 Å². The minimum Gasteiger partial charge on any atom is -0.243 e. The van der Waals surface area contributed by atoms with Crippen LogP contribution in [0.4, 0.5) is 0 Å². The highest BCUT2D eigenvalue weighted by Gasteiger charge is 2.21. The Balaban J connectivity index is 2.38. The van der Waals surface area contributed by atoms with Gasteiger partial charge in [-0.1, -0.05) is 19.4 Å². The number of aromatic nitrogens is 2. The summed E-state index contributed by atoms with van der Waals surface area (Å²) in [6.07, 6.45) is 1.70. The average Bonchev–Trinajstić information content (AvgIpc) is 2.75. The van der Waals surface area contributed by atoms with Gasteiger partial charge in [0.15, 0.2) is 5.52 Å². The average molecular weight is 269 g/mol. The van der Waals surface area contributed by atoms with Gasteiger partial charge in [0, 0.05) is 6.04 Å². The van der Waals surface area contributed by atoms with E-state index in [4.69, 9.17) is 0 Å². The molecule has 0 spiro atoms. The fraction of sp³-hybridized carbons (Fsp3) is 0.455. The van der Waals surface area contributed by atoms with Crippen LogP contribution in [0.25, 0.3) is 11.0 Å². The Morgan fingerprint density at radius 3 is 2.89 bits per heavy atom. The molecule has 0 radical (unpaired) electrons. The summed E-state index contributed by atoms with van der Waals surface area (Å²) in [5, 5.41) is 7.26. The molecular formula is C11H15N3O3S. The third-order valence-corrected chi connectivity index (χ3v) is 4.24. The first-order valence-corrected chi connectivity index (χ1v) is 7.26. The lowest BCUT2D eigenvalue weighted by molar-refractivity contribution is 0.315. The number of rotatable bonds is 5. The largest absolute Gasteiger partial charge is 0.243 e.